The Labute approximate surface area is 188 Å². The molecule has 0 radical (unpaired) electrons. The van der Waals surface area contributed by atoms with Gasteiger partial charge in [0.25, 0.3) is 0 Å². The number of para-hydroxylation sites is 1. The zero-order chi connectivity index (χ0) is 21.6. The van der Waals surface area contributed by atoms with Crippen molar-refractivity contribution in [1.82, 2.24) is 19.7 Å². The lowest BCUT2D eigenvalue weighted by atomic mass is 10.1. The lowest BCUT2D eigenvalue weighted by Gasteiger charge is -2.26. The summed E-state index contributed by atoms with van der Waals surface area (Å²) in [5.41, 5.74) is 4.12. The van der Waals surface area contributed by atoms with Gasteiger partial charge in [0.2, 0.25) is 5.91 Å². The van der Waals surface area contributed by atoms with E-state index in [1.54, 1.807) is 0 Å². The Morgan fingerprint density at radius 1 is 1.00 bits per heavy atom. The minimum absolute atomic E-state index is 0.0461. The van der Waals surface area contributed by atoms with E-state index in [9.17, 15) is 4.79 Å². The number of thioether (sulfide) groups is 1. The SMILES string of the molecule is Cc1cc(C)cc(NC(=O)CSc2nnc(CN3CCCCC3)n2-c2ccccc2)c1. The number of carbonyl (C=O) groups excluding carboxylic acids is 1. The van der Waals surface area contributed by atoms with Crippen LogP contribution in [0, 0.1) is 13.8 Å². The quantitative estimate of drug-likeness (QED) is 0.550. The van der Waals surface area contributed by atoms with Crippen LogP contribution in [0.1, 0.15) is 36.2 Å². The second kappa shape index (κ2) is 10.1. The molecule has 4 rings (SSSR count). The van der Waals surface area contributed by atoms with Crippen LogP contribution in [0.3, 0.4) is 0 Å². The van der Waals surface area contributed by atoms with Crippen LogP contribution in [0.2, 0.25) is 0 Å². The lowest BCUT2D eigenvalue weighted by Crippen LogP contribution is -2.30. The predicted molar refractivity (Wildman–Crippen MR) is 126 cm³/mol. The summed E-state index contributed by atoms with van der Waals surface area (Å²) in [4.78, 5) is 15.0. The number of rotatable bonds is 7. The Bertz CT molecular complexity index is 1010. The minimum Gasteiger partial charge on any atom is -0.325 e. The first kappa shape index (κ1) is 21.6. The standard InChI is InChI=1S/C24H29N5OS/c1-18-13-19(2)15-20(14-18)25-23(30)17-31-24-27-26-22(16-28-11-7-4-8-12-28)29(24)21-9-5-3-6-10-21/h3,5-6,9-10,13-15H,4,7-8,11-12,16-17H2,1-2H3,(H,25,30). The van der Waals surface area contributed by atoms with Gasteiger partial charge in [-0.15, -0.1) is 10.2 Å². The van der Waals surface area contributed by atoms with Crippen LogP contribution in [0.15, 0.2) is 53.7 Å². The van der Waals surface area contributed by atoms with Crippen LogP contribution in [0.5, 0.6) is 0 Å². The second-order valence-corrected chi connectivity index (χ2v) is 9.06. The number of anilines is 1. The highest BCUT2D eigenvalue weighted by molar-refractivity contribution is 7.99. The Kier molecular flexibility index (Phi) is 7.04. The average molecular weight is 436 g/mol. The number of hydrogen-bond acceptors (Lipinski definition) is 5. The molecule has 3 aromatic rings. The summed E-state index contributed by atoms with van der Waals surface area (Å²) in [6.07, 6.45) is 3.78. The number of aromatic nitrogens is 3. The van der Waals surface area contributed by atoms with Crippen LogP contribution in [0.4, 0.5) is 5.69 Å². The van der Waals surface area contributed by atoms with Gasteiger partial charge in [0, 0.05) is 11.4 Å². The maximum absolute atomic E-state index is 12.6. The van der Waals surface area contributed by atoms with Crippen LogP contribution in [-0.2, 0) is 11.3 Å². The minimum atomic E-state index is -0.0461. The number of carbonyl (C=O) groups is 1. The number of amides is 1. The molecular weight excluding hydrogens is 406 g/mol. The normalized spacial score (nSPS) is 14.5. The van der Waals surface area contributed by atoms with Crippen molar-refractivity contribution >= 4 is 23.4 Å². The molecule has 0 atom stereocenters. The highest BCUT2D eigenvalue weighted by Gasteiger charge is 2.19. The van der Waals surface area contributed by atoms with Gasteiger partial charge < -0.3 is 5.32 Å². The van der Waals surface area contributed by atoms with Crippen LogP contribution >= 0.6 is 11.8 Å². The molecule has 1 fully saturated rings. The fourth-order valence-corrected chi connectivity index (χ4v) is 4.79. The Morgan fingerprint density at radius 2 is 1.71 bits per heavy atom. The molecule has 1 amide bonds. The summed E-state index contributed by atoms with van der Waals surface area (Å²) in [7, 11) is 0. The van der Waals surface area contributed by atoms with Crippen molar-refractivity contribution in [2.24, 2.45) is 0 Å². The van der Waals surface area contributed by atoms with Crippen LogP contribution in [-0.4, -0.2) is 44.4 Å². The lowest BCUT2D eigenvalue weighted by molar-refractivity contribution is -0.113. The van der Waals surface area contributed by atoms with Crippen LogP contribution in [0.25, 0.3) is 5.69 Å². The average Bonchev–Trinajstić information content (AvgIpc) is 3.15. The third-order valence-electron chi connectivity index (χ3n) is 5.37. The van der Waals surface area contributed by atoms with Gasteiger partial charge in [-0.05, 0) is 75.2 Å². The number of benzene rings is 2. The van der Waals surface area contributed by atoms with E-state index < -0.39 is 0 Å². The molecule has 2 aromatic carbocycles. The van der Waals surface area contributed by atoms with E-state index >= 15 is 0 Å². The fraction of sp³-hybridized carbons (Fsp3) is 0.375. The third kappa shape index (κ3) is 5.74. The number of likely N-dealkylation sites (tertiary alicyclic amines) is 1. The van der Waals surface area contributed by atoms with Crippen molar-refractivity contribution in [2.75, 3.05) is 24.2 Å². The van der Waals surface area contributed by atoms with E-state index in [0.29, 0.717) is 0 Å². The van der Waals surface area contributed by atoms with Crippen molar-refractivity contribution in [3.8, 4) is 5.69 Å². The van der Waals surface area contributed by atoms with Gasteiger partial charge in [-0.1, -0.05) is 42.4 Å². The first-order valence-corrected chi connectivity index (χ1v) is 11.8. The molecule has 0 spiro atoms. The van der Waals surface area contributed by atoms with Crippen molar-refractivity contribution in [2.45, 2.75) is 44.8 Å². The molecule has 2 heterocycles. The maximum atomic E-state index is 12.6. The molecule has 7 heteroatoms. The number of aryl methyl sites for hydroxylation is 2. The van der Waals surface area contributed by atoms with Gasteiger partial charge in [0.1, 0.15) is 0 Å². The molecule has 0 aliphatic carbocycles. The summed E-state index contributed by atoms with van der Waals surface area (Å²) in [5, 5.41) is 12.7. The first-order chi connectivity index (χ1) is 15.1. The van der Waals surface area contributed by atoms with Gasteiger partial charge in [-0.2, -0.15) is 0 Å². The van der Waals surface area contributed by atoms with Gasteiger partial charge in [0.15, 0.2) is 11.0 Å². The van der Waals surface area contributed by atoms with E-state index in [-0.39, 0.29) is 11.7 Å². The largest absolute Gasteiger partial charge is 0.325 e. The summed E-state index contributed by atoms with van der Waals surface area (Å²) < 4.78 is 2.09. The van der Waals surface area contributed by atoms with Crippen molar-refractivity contribution in [1.29, 1.82) is 0 Å². The number of piperidine rings is 1. The zero-order valence-electron chi connectivity index (χ0n) is 18.2. The summed E-state index contributed by atoms with van der Waals surface area (Å²) in [5.74, 6) is 1.15. The highest BCUT2D eigenvalue weighted by atomic mass is 32.2. The van der Waals surface area contributed by atoms with Gasteiger partial charge in [-0.3, -0.25) is 14.3 Å². The van der Waals surface area contributed by atoms with E-state index in [1.165, 1.54) is 31.0 Å². The highest BCUT2D eigenvalue weighted by Crippen LogP contribution is 2.24. The third-order valence-corrected chi connectivity index (χ3v) is 6.30. The molecule has 1 saturated heterocycles. The van der Waals surface area contributed by atoms with E-state index in [1.807, 2.05) is 44.2 Å². The molecule has 1 aromatic heterocycles. The smallest absolute Gasteiger partial charge is 0.234 e. The number of nitrogens with zero attached hydrogens (tertiary/aromatic N) is 4. The Morgan fingerprint density at radius 3 is 2.42 bits per heavy atom. The molecule has 1 aliphatic heterocycles. The fourth-order valence-electron chi connectivity index (χ4n) is 4.02. The van der Waals surface area contributed by atoms with E-state index in [4.69, 9.17) is 0 Å². The predicted octanol–water partition coefficient (Wildman–Crippen LogP) is 4.60. The summed E-state index contributed by atoms with van der Waals surface area (Å²) in [6.45, 7) is 7.04. The Balaban J connectivity index is 1.48. The number of nitrogens with one attached hydrogen (secondary N) is 1. The summed E-state index contributed by atoms with van der Waals surface area (Å²) in [6, 6.07) is 16.2. The molecule has 31 heavy (non-hydrogen) atoms. The zero-order valence-corrected chi connectivity index (χ0v) is 19.0. The van der Waals surface area contributed by atoms with Crippen molar-refractivity contribution in [3.05, 3.63) is 65.5 Å². The molecule has 1 N–H and O–H groups in total. The van der Waals surface area contributed by atoms with E-state index in [2.05, 4.69) is 43.2 Å². The van der Waals surface area contributed by atoms with Crippen molar-refractivity contribution < 1.29 is 4.79 Å². The first-order valence-electron chi connectivity index (χ1n) is 10.8. The maximum Gasteiger partial charge on any atom is 0.234 e. The van der Waals surface area contributed by atoms with Crippen LogP contribution < -0.4 is 5.32 Å². The molecule has 0 saturated carbocycles. The monoisotopic (exact) mass is 435 g/mol. The topological polar surface area (TPSA) is 63.1 Å². The molecule has 162 valence electrons. The van der Waals surface area contributed by atoms with Crippen molar-refractivity contribution in [3.63, 3.8) is 0 Å². The molecule has 0 unspecified atom stereocenters. The molecular formula is C24H29N5OS. The molecule has 1 aliphatic rings. The van der Waals surface area contributed by atoms with E-state index in [0.717, 1.165) is 53.1 Å². The second-order valence-electron chi connectivity index (χ2n) is 8.12. The van der Waals surface area contributed by atoms with Gasteiger partial charge >= 0.3 is 0 Å². The molecule has 6 nitrogen and oxygen atoms in total. The molecule has 0 bridgehead atoms. The number of hydrogen-bond donors (Lipinski definition) is 1. The van der Waals surface area contributed by atoms with Gasteiger partial charge in [0.05, 0.1) is 12.3 Å². The Hall–Kier alpha value is -2.64. The summed E-state index contributed by atoms with van der Waals surface area (Å²) >= 11 is 1.42. The van der Waals surface area contributed by atoms with Gasteiger partial charge in [-0.25, -0.2) is 0 Å².